The summed E-state index contributed by atoms with van der Waals surface area (Å²) in [4.78, 5) is 10.8. The number of carboxylic acid groups (broad SMARTS) is 1. The van der Waals surface area contributed by atoms with Gasteiger partial charge in [-0.1, -0.05) is 0 Å². The van der Waals surface area contributed by atoms with E-state index in [4.69, 9.17) is 20.3 Å². The van der Waals surface area contributed by atoms with E-state index in [1.807, 2.05) is 0 Å². The van der Waals surface area contributed by atoms with Crippen LogP contribution in [0.5, 0.6) is 17.2 Å². The second-order valence-electron chi connectivity index (χ2n) is 4.78. The van der Waals surface area contributed by atoms with Crippen LogP contribution in [0, 0.1) is 0 Å². The Labute approximate surface area is 109 Å². The zero-order valence-corrected chi connectivity index (χ0v) is 10.3. The molecular formula is C13H15NO5. The van der Waals surface area contributed by atoms with Crippen LogP contribution in [0.15, 0.2) is 0 Å². The average Bonchev–Trinajstić information content (AvgIpc) is 2.96. The smallest absolute Gasteiger partial charge is 0.305 e. The van der Waals surface area contributed by atoms with E-state index in [0.717, 1.165) is 5.56 Å². The average molecular weight is 265 g/mol. The van der Waals surface area contributed by atoms with Crippen molar-refractivity contribution in [2.75, 3.05) is 13.2 Å². The van der Waals surface area contributed by atoms with Crippen molar-refractivity contribution in [2.45, 2.75) is 25.3 Å². The molecular weight excluding hydrogens is 250 g/mol. The van der Waals surface area contributed by atoms with Gasteiger partial charge in [0.25, 0.3) is 0 Å². The lowest BCUT2D eigenvalue weighted by atomic mass is 9.92. The molecule has 0 fully saturated rings. The summed E-state index contributed by atoms with van der Waals surface area (Å²) in [7, 11) is 0. The third-order valence-electron chi connectivity index (χ3n) is 3.58. The van der Waals surface area contributed by atoms with Crippen LogP contribution in [0.2, 0.25) is 0 Å². The number of aromatic hydroxyl groups is 1. The van der Waals surface area contributed by atoms with Gasteiger partial charge in [-0.3, -0.25) is 4.79 Å². The molecule has 6 heteroatoms. The summed E-state index contributed by atoms with van der Waals surface area (Å²) in [6.07, 6.45) is 1.03. The third-order valence-corrected chi connectivity index (χ3v) is 3.58. The zero-order valence-electron chi connectivity index (χ0n) is 10.3. The van der Waals surface area contributed by atoms with E-state index in [0.29, 0.717) is 48.7 Å². The van der Waals surface area contributed by atoms with Gasteiger partial charge in [0.15, 0.2) is 11.5 Å². The van der Waals surface area contributed by atoms with Crippen LogP contribution in [-0.4, -0.2) is 29.4 Å². The highest BCUT2D eigenvalue weighted by Gasteiger charge is 2.34. The van der Waals surface area contributed by atoms with Crippen LogP contribution < -0.4 is 15.2 Å². The van der Waals surface area contributed by atoms with Crippen LogP contribution in [0.1, 0.15) is 29.2 Å². The summed E-state index contributed by atoms with van der Waals surface area (Å²) >= 11 is 0. The first-order valence-electron chi connectivity index (χ1n) is 6.23. The maximum absolute atomic E-state index is 10.8. The Balaban J connectivity index is 2.15. The molecule has 4 N–H and O–H groups in total. The van der Waals surface area contributed by atoms with Gasteiger partial charge in [0.05, 0.1) is 19.6 Å². The van der Waals surface area contributed by atoms with Crippen molar-refractivity contribution < 1.29 is 24.5 Å². The van der Waals surface area contributed by atoms with Crippen molar-refractivity contribution in [3.8, 4) is 17.2 Å². The third kappa shape index (κ3) is 1.79. The van der Waals surface area contributed by atoms with Crippen LogP contribution in [0.3, 0.4) is 0 Å². The molecule has 0 aromatic heterocycles. The first kappa shape index (κ1) is 12.1. The highest BCUT2D eigenvalue weighted by Crippen LogP contribution is 2.50. The summed E-state index contributed by atoms with van der Waals surface area (Å²) < 4.78 is 11.0. The maximum Gasteiger partial charge on any atom is 0.305 e. The lowest BCUT2D eigenvalue weighted by Crippen LogP contribution is -2.17. The molecule has 0 saturated carbocycles. The number of carboxylic acids is 1. The largest absolute Gasteiger partial charge is 0.504 e. The van der Waals surface area contributed by atoms with E-state index < -0.39 is 12.0 Å². The molecule has 1 aromatic rings. The number of fused-ring (bicyclic) bond motifs is 2. The van der Waals surface area contributed by atoms with E-state index in [2.05, 4.69) is 0 Å². The Hall–Kier alpha value is -1.95. The number of phenols is 1. The number of aliphatic carboxylic acids is 1. The van der Waals surface area contributed by atoms with Crippen molar-refractivity contribution in [2.24, 2.45) is 5.73 Å². The predicted octanol–water partition coefficient (Wildman–Crippen LogP) is 0.736. The number of hydrogen-bond acceptors (Lipinski definition) is 5. The van der Waals surface area contributed by atoms with E-state index in [9.17, 15) is 9.90 Å². The topological polar surface area (TPSA) is 102 Å². The van der Waals surface area contributed by atoms with Gasteiger partial charge in [0, 0.05) is 35.6 Å². The molecule has 0 spiro atoms. The molecule has 0 amide bonds. The van der Waals surface area contributed by atoms with Crippen molar-refractivity contribution in [3.05, 3.63) is 16.7 Å². The Bertz CT molecular complexity index is 519. The fraction of sp³-hybridized carbons (Fsp3) is 0.462. The molecule has 102 valence electrons. The Morgan fingerprint density at radius 3 is 2.53 bits per heavy atom. The lowest BCUT2D eigenvalue weighted by Gasteiger charge is -2.18. The number of carbonyl (C=O) groups is 1. The molecule has 2 aliphatic rings. The van der Waals surface area contributed by atoms with Crippen LogP contribution in [0.25, 0.3) is 0 Å². The number of phenolic OH excluding ortho intramolecular Hbond substituents is 1. The maximum atomic E-state index is 10.8. The quantitative estimate of drug-likeness (QED) is 0.745. The van der Waals surface area contributed by atoms with Gasteiger partial charge < -0.3 is 25.4 Å². The van der Waals surface area contributed by atoms with Crippen molar-refractivity contribution in [1.82, 2.24) is 0 Å². The molecule has 0 radical (unpaired) electrons. The number of ether oxygens (including phenoxy) is 2. The molecule has 0 aliphatic carbocycles. The second-order valence-corrected chi connectivity index (χ2v) is 4.78. The standard InChI is InChI=1S/C13H15NO5/c14-8(5-9(15)16)10-6-1-3-19-13(6)11(17)7-2-4-18-12(7)10/h8,17H,1-5,14H2,(H,15,16). The van der Waals surface area contributed by atoms with Crippen LogP contribution in [0.4, 0.5) is 0 Å². The number of hydrogen-bond donors (Lipinski definition) is 3. The van der Waals surface area contributed by atoms with E-state index in [1.165, 1.54) is 0 Å². The van der Waals surface area contributed by atoms with Gasteiger partial charge in [0.1, 0.15) is 5.75 Å². The molecule has 0 saturated heterocycles. The van der Waals surface area contributed by atoms with Gasteiger partial charge in [-0.25, -0.2) is 0 Å². The van der Waals surface area contributed by atoms with E-state index in [-0.39, 0.29) is 12.2 Å². The van der Waals surface area contributed by atoms with Crippen molar-refractivity contribution >= 4 is 5.97 Å². The molecule has 2 heterocycles. The number of benzene rings is 1. The molecule has 6 nitrogen and oxygen atoms in total. The van der Waals surface area contributed by atoms with E-state index >= 15 is 0 Å². The highest BCUT2D eigenvalue weighted by atomic mass is 16.5. The van der Waals surface area contributed by atoms with Crippen LogP contribution >= 0.6 is 0 Å². The molecule has 1 aromatic carbocycles. The Kier molecular flexibility index (Phi) is 2.74. The van der Waals surface area contributed by atoms with Crippen molar-refractivity contribution in [3.63, 3.8) is 0 Å². The summed E-state index contributed by atoms with van der Waals surface area (Å²) in [6, 6.07) is -0.652. The van der Waals surface area contributed by atoms with Gasteiger partial charge in [0.2, 0.25) is 0 Å². The molecule has 2 aliphatic heterocycles. The molecule has 1 atom stereocenters. The van der Waals surface area contributed by atoms with E-state index in [1.54, 1.807) is 0 Å². The van der Waals surface area contributed by atoms with Gasteiger partial charge in [-0.05, 0) is 0 Å². The first-order valence-corrected chi connectivity index (χ1v) is 6.23. The second kappa shape index (κ2) is 4.31. The first-order chi connectivity index (χ1) is 9.09. The minimum absolute atomic E-state index is 0.117. The fourth-order valence-electron chi connectivity index (χ4n) is 2.80. The monoisotopic (exact) mass is 265 g/mol. The highest BCUT2D eigenvalue weighted by molar-refractivity contribution is 5.71. The fourth-order valence-corrected chi connectivity index (χ4v) is 2.80. The summed E-state index contributed by atoms with van der Waals surface area (Å²) in [5, 5.41) is 19.1. The minimum atomic E-state index is -0.958. The van der Waals surface area contributed by atoms with Gasteiger partial charge in [-0.2, -0.15) is 0 Å². The van der Waals surface area contributed by atoms with Gasteiger partial charge >= 0.3 is 5.97 Å². The summed E-state index contributed by atoms with van der Waals surface area (Å²) in [5.74, 6) is 0.154. The van der Waals surface area contributed by atoms with Crippen LogP contribution in [-0.2, 0) is 17.6 Å². The normalized spacial score (nSPS) is 17.3. The summed E-state index contributed by atoms with van der Waals surface area (Å²) in [6.45, 7) is 0.942. The van der Waals surface area contributed by atoms with Gasteiger partial charge in [-0.15, -0.1) is 0 Å². The molecule has 1 unspecified atom stereocenters. The summed E-state index contributed by atoms with van der Waals surface area (Å²) in [5.41, 5.74) is 8.14. The number of rotatable bonds is 3. The Morgan fingerprint density at radius 2 is 1.84 bits per heavy atom. The Morgan fingerprint density at radius 1 is 1.21 bits per heavy atom. The SMILES string of the molecule is NC(CC(=O)O)c1c2c(c(O)c3c1OCC3)OCC2. The molecule has 0 bridgehead atoms. The minimum Gasteiger partial charge on any atom is -0.504 e. The zero-order chi connectivity index (χ0) is 13.6. The van der Waals surface area contributed by atoms with Crippen molar-refractivity contribution in [1.29, 1.82) is 0 Å². The molecule has 19 heavy (non-hydrogen) atoms. The molecule has 3 rings (SSSR count). The number of nitrogens with two attached hydrogens (primary N) is 1. The predicted molar refractivity (Wildman–Crippen MR) is 65.7 cm³/mol. The lowest BCUT2D eigenvalue weighted by molar-refractivity contribution is -0.137.